The van der Waals surface area contributed by atoms with Crippen molar-refractivity contribution in [1.29, 1.82) is 0 Å². The molecule has 1 heterocycles. The molecule has 5 nitrogen and oxygen atoms in total. The van der Waals surface area contributed by atoms with E-state index in [0.717, 1.165) is 12.8 Å². The minimum atomic E-state index is -0.506. The lowest BCUT2D eigenvalue weighted by molar-refractivity contribution is -0.133. The Balaban J connectivity index is 2.59. The zero-order valence-corrected chi connectivity index (χ0v) is 12.6. The van der Waals surface area contributed by atoms with Crippen LogP contribution in [0, 0.1) is 5.92 Å². The van der Waals surface area contributed by atoms with E-state index in [0.29, 0.717) is 13.1 Å². The minimum absolute atomic E-state index is 0.0655. The lowest BCUT2D eigenvalue weighted by Gasteiger charge is -2.34. The number of carbonyl (C=O) groups is 2. The fourth-order valence-corrected chi connectivity index (χ4v) is 2.15. The Bertz CT molecular complexity index is 335. The second-order valence-electron chi connectivity index (χ2n) is 6.05. The van der Waals surface area contributed by atoms with E-state index < -0.39 is 11.7 Å². The van der Waals surface area contributed by atoms with Crippen LogP contribution in [0.3, 0.4) is 0 Å². The standard InChI is InChI=1S/C14H25NO4/c1-10(18-5)12(16)11-7-6-8-15(9-11)13(17)19-14(2,3)4/h10-11H,6-9H2,1-5H3/t10-,11?/m0/s1. The predicted octanol–water partition coefficient (Wildman–Crippen LogP) is 2.24. The van der Waals surface area contributed by atoms with Gasteiger partial charge in [0.25, 0.3) is 0 Å². The lowest BCUT2D eigenvalue weighted by atomic mass is 9.91. The van der Waals surface area contributed by atoms with Crippen LogP contribution in [0.1, 0.15) is 40.5 Å². The fraction of sp³-hybridized carbons (Fsp3) is 0.857. The van der Waals surface area contributed by atoms with Gasteiger partial charge in [-0.1, -0.05) is 0 Å². The monoisotopic (exact) mass is 271 g/mol. The van der Waals surface area contributed by atoms with Gasteiger partial charge in [0.1, 0.15) is 11.7 Å². The number of amides is 1. The van der Waals surface area contributed by atoms with Gasteiger partial charge in [0.15, 0.2) is 5.78 Å². The van der Waals surface area contributed by atoms with Crippen molar-refractivity contribution in [2.45, 2.75) is 52.2 Å². The number of ether oxygens (including phenoxy) is 2. The highest BCUT2D eigenvalue weighted by molar-refractivity contribution is 5.85. The molecule has 5 heteroatoms. The second kappa shape index (κ2) is 6.37. The fourth-order valence-electron chi connectivity index (χ4n) is 2.15. The first-order valence-corrected chi connectivity index (χ1v) is 6.79. The summed E-state index contributed by atoms with van der Waals surface area (Å²) in [4.78, 5) is 25.7. The third kappa shape index (κ3) is 4.82. The summed E-state index contributed by atoms with van der Waals surface area (Å²) in [6.07, 6.45) is 0.886. The van der Waals surface area contributed by atoms with Crippen LogP contribution >= 0.6 is 0 Å². The van der Waals surface area contributed by atoms with E-state index in [9.17, 15) is 9.59 Å². The van der Waals surface area contributed by atoms with Crippen LogP contribution in [-0.2, 0) is 14.3 Å². The van der Waals surface area contributed by atoms with Crippen molar-refractivity contribution in [3.8, 4) is 0 Å². The maximum Gasteiger partial charge on any atom is 0.410 e. The number of carbonyl (C=O) groups excluding carboxylic acids is 2. The van der Waals surface area contributed by atoms with Crippen molar-refractivity contribution in [1.82, 2.24) is 4.90 Å². The number of likely N-dealkylation sites (tertiary alicyclic amines) is 1. The number of piperidine rings is 1. The molecule has 1 amide bonds. The summed E-state index contributed by atoms with van der Waals surface area (Å²) >= 11 is 0. The summed E-state index contributed by atoms with van der Waals surface area (Å²) in [6, 6.07) is 0. The molecular formula is C14H25NO4. The lowest BCUT2D eigenvalue weighted by Crippen LogP contribution is -2.46. The molecular weight excluding hydrogens is 246 g/mol. The highest BCUT2D eigenvalue weighted by atomic mass is 16.6. The molecule has 1 fully saturated rings. The number of hydrogen-bond acceptors (Lipinski definition) is 4. The number of ketones is 1. The zero-order chi connectivity index (χ0) is 14.6. The molecule has 1 saturated heterocycles. The first-order chi connectivity index (χ1) is 8.74. The molecule has 1 aliphatic heterocycles. The first-order valence-electron chi connectivity index (χ1n) is 6.79. The molecule has 0 aromatic heterocycles. The van der Waals surface area contributed by atoms with E-state index in [1.165, 1.54) is 7.11 Å². The van der Waals surface area contributed by atoms with Gasteiger partial charge in [0.2, 0.25) is 0 Å². The largest absolute Gasteiger partial charge is 0.444 e. The van der Waals surface area contributed by atoms with Gasteiger partial charge in [-0.05, 0) is 40.5 Å². The van der Waals surface area contributed by atoms with Crippen LogP contribution in [0.25, 0.3) is 0 Å². The molecule has 0 N–H and O–H groups in total. The average Bonchev–Trinajstić information content (AvgIpc) is 2.35. The van der Waals surface area contributed by atoms with Gasteiger partial charge in [-0.2, -0.15) is 0 Å². The van der Waals surface area contributed by atoms with Gasteiger partial charge >= 0.3 is 6.09 Å². The first kappa shape index (κ1) is 16.0. The summed E-state index contributed by atoms with van der Waals surface area (Å²) < 4.78 is 10.4. The van der Waals surface area contributed by atoms with Crippen LogP contribution in [0.2, 0.25) is 0 Å². The van der Waals surface area contributed by atoms with Crippen LogP contribution in [0.5, 0.6) is 0 Å². The van der Waals surface area contributed by atoms with Crippen LogP contribution in [0.15, 0.2) is 0 Å². The average molecular weight is 271 g/mol. The van der Waals surface area contributed by atoms with Crippen molar-refractivity contribution in [3.05, 3.63) is 0 Å². The number of methoxy groups -OCH3 is 1. The normalized spacial score (nSPS) is 21.9. The Morgan fingerprint density at radius 3 is 2.47 bits per heavy atom. The third-order valence-electron chi connectivity index (χ3n) is 3.23. The Labute approximate surface area is 115 Å². The maximum absolute atomic E-state index is 12.1. The van der Waals surface area contributed by atoms with Gasteiger partial charge in [-0.3, -0.25) is 4.79 Å². The van der Waals surface area contributed by atoms with Crippen LogP contribution in [-0.4, -0.2) is 48.7 Å². The molecule has 110 valence electrons. The smallest absolute Gasteiger partial charge is 0.410 e. The van der Waals surface area contributed by atoms with Crippen molar-refractivity contribution < 1.29 is 19.1 Å². The summed E-state index contributed by atoms with van der Waals surface area (Å²) in [5, 5.41) is 0. The molecule has 0 spiro atoms. The number of nitrogens with zero attached hydrogens (tertiary/aromatic N) is 1. The van der Waals surface area contributed by atoms with Gasteiger partial charge in [-0.15, -0.1) is 0 Å². The summed E-state index contributed by atoms with van der Waals surface area (Å²) in [6.45, 7) is 8.34. The van der Waals surface area contributed by atoms with Gasteiger partial charge in [0.05, 0.1) is 0 Å². The minimum Gasteiger partial charge on any atom is -0.444 e. The third-order valence-corrected chi connectivity index (χ3v) is 3.23. The van der Waals surface area contributed by atoms with E-state index >= 15 is 0 Å². The summed E-state index contributed by atoms with van der Waals surface area (Å²) in [7, 11) is 1.52. The van der Waals surface area contributed by atoms with E-state index in [-0.39, 0.29) is 17.8 Å². The molecule has 0 aromatic carbocycles. The summed E-state index contributed by atoms with van der Waals surface area (Å²) in [5.41, 5.74) is -0.506. The molecule has 0 aliphatic carbocycles. The zero-order valence-electron chi connectivity index (χ0n) is 12.6. The summed E-state index contributed by atoms with van der Waals surface area (Å²) in [5.74, 6) is -0.0769. The molecule has 1 rings (SSSR count). The van der Waals surface area contributed by atoms with Crippen molar-refractivity contribution in [3.63, 3.8) is 0 Å². The molecule has 0 saturated carbocycles. The van der Waals surface area contributed by atoms with E-state index in [2.05, 4.69) is 0 Å². The maximum atomic E-state index is 12.1. The highest BCUT2D eigenvalue weighted by Gasteiger charge is 2.32. The van der Waals surface area contributed by atoms with Crippen LogP contribution in [0.4, 0.5) is 4.79 Å². The Morgan fingerprint density at radius 1 is 1.32 bits per heavy atom. The quantitative estimate of drug-likeness (QED) is 0.790. The van der Waals surface area contributed by atoms with E-state index in [4.69, 9.17) is 9.47 Å². The molecule has 0 bridgehead atoms. The van der Waals surface area contributed by atoms with Crippen molar-refractivity contribution in [2.24, 2.45) is 5.92 Å². The Kier molecular flexibility index (Phi) is 5.35. The predicted molar refractivity (Wildman–Crippen MR) is 72.0 cm³/mol. The Morgan fingerprint density at radius 2 is 1.95 bits per heavy atom. The highest BCUT2D eigenvalue weighted by Crippen LogP contribution is 2.21. The molecule has 1 unspecified atom stereocenters. The van der Waals surface area contributed by atoms with Crippen LogP contribution < -0.4 is 0 Å². The Hall–Kier alpha value is -1.10. The van der Waals surface area contributed by atoms with Gasteiger partial charge in [-0.25, -0.2) is 4.79 Å². The van der Waals surface area contributed by atoms with Crippen molar-refractivity contribution >= 4 is 11.9 Å². The molecule has 0 aromatic rings. The number of rotatable bonds is 3. The number of Topliss-reactive ketones (excluding diaryl/α,β-unsaturated/α-hetero) is 1. The molecule has 1 aliphatic rings. The van der Waals surface area contributed by atoms with E-state index in [1.807, 2.05) is 20.8 Å². The molecule has 0 radical (unpaired) electrons. The SMILES string of the molecule is CO[C@@H](C)C(=O)C1CCCN(C(=O)OC(C)(C)C)C1. The van der Waals surface area contributed by atoms with Gasteiger partial charge < -0.3 is 14.4 Å². The molecule has 2 atom stereocenters. The van der Waals surface area contributed by atoms with Crippen molar-refractivity contribution in [2.75, 3.05) is 20.2 Å². The van der Waals surface area contributed by atoms with Gasteiger partial charge in [0, 0.05) is 26.1 Å². The number of hydrogen-bond donors (Lipinski definition) is 0. The molecule has 19 heavy (non-hydrogen) atoms. The second-order valence-corrected chi connectivity index (χ2v) is 6.05. The van der Waals surface area contributed by atoms with E-state index in [1.54, 1.807) is 11.8 Å². The topological polar surface area (TPSA) is 55.8 Å².